The van der Waals surface area contributed by atoms with Gasteiger partial charge in [-0.1, -0.05) is 18.2 Å². The van der Waals surface area contributed by atoms with Gasteiger partial charge in [-0.3, -0.25) is 10.2 Å². The molecule has 1 amide bonds. The highest BCUT2D eigenvalue weighted by molar-refractivity contribution is 5.80. The molecule has 0 aliphatic heterocycles. The van der Waals surface area contributed by atoms with Crippen molar-refractivity contribution in [2.45, 2.75) is 0 Å². The lowest BCUT2D eigenvalue weighted by Gasteiger charge is -2.12. The summed E-state index contributed by atoms with van der Waals surface area (Å²) in [5.41, 5.74) is 3.59. The minimum atomic E-state index is -0.0566. The Labute approximate surface area is 83.9 Å². The van der Waals surface area contributed by atoms with E-state index in [9.17, 15) is 4.79 Å². The summed E-state index contributed by atoms with van der Waals surface area (Å²) in [5.74, 6) is -0.0566. The van der Waals surface area contributed by atoms with E-state index in [0.717, 1.165) is 5.69 Å². The van der Waals surface area contributed by atoms with Crippen LogP contribution < -0.4 is 10.7 Å². The normalized spacial score (nSPS) is 9.93. The summed E-state index contributed by atoms with van der Waals surface area (Å²) >= 11 is 0. The van der Waals surface area contributed by atoms with E-state index in [4.69, 9.17) is 0 Å². The number of para-hydroxylation sites is 1. The van der Waals surface area contributed by atoms with Crippen molar-refractivity contribution in [3.8, 4) is 0 Å². The number of carbonyl (C=O) groups excluding carboxylic acids is 1. The summed E-state index contributed by atoms with van der Waals surface area (Å²) in [4.78, 5) is 11.2. The molecule has 0 saturated heterocycles. The third-order valence-corrected chi connectivity index (χ3v) is 1.58. The van der Waals surface area contributed by atoms with Crippen molar-refractivity contribution >= 4 is 11.6 Å². The highest BCUT2D eigenvalue weighted by Crippen LogP contribution is 2.03. The van der Waals surface area contributed by atoms with Crippen LogP contribution in [0.5, 0.6) is 0 Å². The van der Waals surface area contributed by atoms with Gasteiger partial charge >= 0.3 is 0 Å². The van der Waals surface area contributed by atoms with Crippen LogP contribution in [0.4, 0.5) is 5.69 Å². The quantitative estimate of drug-likeness (QED) is 0.691. The monoisotopic (exact) mass is 193 g/mol. The number of hydrogen-bond acceptors (Lipinski definition) is 3. The lowest BCUT2D eigenvalue weighted by molar-refractivity contribution is -0.123. The molecule has 1 aromatic carbocycles. The molecule has 1 aromatic rings. The Kier molecular flexibility index (Phi) is 3.94. The van der Waals surface area contributed by atoms with Crippen molar-refractivity contribution in [1.29, 1.82) is 0 Å². The molecule has 0 fully saturated rings. The first-order valence-corrected chi connectivity index (χ1v) is 4.44. The SMILES string of the molecule is CN(C)NC(=O)CNc1ccccc1. The van der Waals surface area contributed by atoms with E-state index < -0.39 is 0 Å². The topological polar surface area (TPSA) is 44.4 Å². The third-order valence-electron chi connectivity index (χ3n) is 1.58. The number of nitrogens with zero attached hydrogens (tertiary/aromatic N) is 1. The number of nitrogens with one attached hydrogen (secondary N) is 2. The smallest absolute Gasteiger partial charge is 0.253 e. The van der Waals surface area contributed by atoms with Crippen LogP contribution in [0.1, 0.15) is 0 Å². The zero-order valence-electron chi connectivity index (χ0n) is 8.45. The van der Waals surface area contributed by atoms with Crippen molar-refractivity contribution in [2.24, 2.45) is 0 Å². The molecule has 4 heteroatoms. The molecule has 2 N–H and O–H groups in total. The molecular weight excluding hydrogens is 178 g/mol. The van der Waals surface area contributed by atoms with Crippen molar-refractivity contribution < 1.29 is 4.79 Å². The van der Waals surface area contributed by atoms with Crippen molar-refractivity contribution in [3.63, 3.8) is 0 Å². The van der Waals surface area contributed by atoms with Gasteiger partial charge in [-0.15, -0.1) is 0 Å². The van der Waals surface area contributed by atoms with Gasteiger partial charge in [0.15, 0.2) is 0 Å². The molecule has 1 rings (SSSR count). The third kappa shape index (κ3) is 3.91. The fourth-order valence-electron chi connectivity index (χ4n) is 1.03. The predicted octanol–water partition coefficient (Wildman–Crippen LogP) is 0.691. The highest BCUT2D eigenvalue weighted by atomic mass is 16.2. The molecule has 0 saturated carbocycles. The molecule has 76 valence electrons. The van der Waals surface area contributed by atoms with Gasteiger partial charge in [-0.05, 0) is 12.1 Å². The first-order chi connectivity index (χ1) is 6.68. The predicted molar refractivity (Wildman–Crippen MR) is 56.8 cm³/mol. The molecule has 0 heterocycles. The van der Waals surface area contributed by atoms with E-state index >= 15 is 0 Å². The number of hydrazine groups is 1. The maximum absolute atomic E-state index is 11.2. The van der Waals surface area contributed by atoms with E-state index in [-0.39, 0.29) is 12.5 Å². The Morgan fingerprint density at radius 3 is 2.50 bits per heavy atom. The van der Waals surface area contributed by atoms with Gasteiger partial charge in [0.2, 0.25) is 0 Å². The lowest BCUT2D eigenvalue weighted by atomic mass is 10.3. The Morgan fingerprint density at radius 1 is 1.29 bits per heavy atom. The molecule has 4 nitrogen and oxygen atoms in total. The van der Waals surface area contributed by atoms with Crippen LogP contribution in [0.25, 0.3) is 0 Å². The van der Waals surface area contributed by atoms with E-state index in [1.54, 1.807) is 19.1 Å². The van der Waals surface area contributed by atoms with Crippen molar-refractivity contribution in [1.82, 2.24) is 10.4 Å². The molecule has 0 radical (unpaired) electrons. The Balaban J connectivity index is 2.31. The zero-order valence-corrected chi connectivity index (χ0v) is 8.45. The van der Waals surface area contributed by atoms with Gasteiger partial charge in [0.25, 0.3) is 5.91 Å². The second-order valence-electron chi connectivity index (χ2n) is 3.15. The molecule has 0 aromatic heterocycles. The first-order valence-electron chi connectivity index (χ1n) is 4.44. The van der Waals surface area contributed by atoms with Crippen molar-refractivity contribution in [2.75, 3.05) is 26.0 Å². The second kappa shape index (κ2) is 5.24. The maximum atomic E-state index is 11.2. The summed E-state index contributed by atoms with van der Waals surface area (Å²) in [6, 6.07) is 9.62. The number of hydrogen-bond donors (Lipinski definition) is 2. The van der Waals surface area contributed by atoms with E-state index in [1.807, 2.05) is 30.3 Å². The second-order valence-corrected chi connectivity index (χ2v) is 3.15. The van der Waals surface area contributed by atoms with Gasteiger partial charge in [0.05, 0.1) is 6.54 Å². The van der Waals surface area contributed by atoms with Gasteiger partial charge in [0, 0.05) is 19.8 Å². The maximum Gasteiger partial charge on any atom is 0.253 e. The summed E-state index contributed by atoms with van der Waals surface area (Å²) in [5, 5.41) is 4.63. The van der Waals surface area contributed by atoms with Gasteiger partial charge in [0.1, 0.15) is 0 Å². The van der Waals surface area contributed by atoms with Crippen LogP contribution in [0.3, 0.4) is 0 Å². The molecule has 0 spiro atoms. The highest BCUT2D eigenvalue weighted by Gasteiger charge is 2.00. The Bertz CT molecular complexity index is 285. The first kappa shape index (κ1) is 10.5. The van der Waals surface area contributed by atoms with Crippen LogP contribution in [-0.4, -0.2) is 31.6 Å². The average molecular weight is 193 g/mol. The fraction of sp³-hybridized carbons (Fsp3) is 0.300. The van der Waals surface area contributed by atoms with E-state index in [1.165, 1.54) is 0 Å². The molecule has 14 heavy (non-hydrogen) atoms. The van der Waals surface area contributed by atoms with Crippen LogP contribution in [-0.2, 0) is 4.79 Å². The summed E-state index contributed by atoms with van der Waals surface area (Å²) in [6.07, 6.45) is 0. The van der Waals surface area contributed by atoms with Gasteiger partial charge in [-0.25, -0.2) is 5.01 Å². The van der Waals surface area contributed by atoms with Crippen LogP contribution in [0, 0.1) is 0 Å². The largest absolute Gasteiger partial charge is 0.376 e. The molecule has 0 atom stereocenters. The number of anilines is 1. The standard InChI is InChI=1S/C10H15N3O/c1-13(2)12-10(14)8-11-9-6-4-3-5-7-9/h3-7,11H,8H2,1-2H3,(H,12,14). The van der Waals surface area contributed by atoms with E-state index in [2.05, 4.69) is 10.7 Å². The van der Waals surface area contributed by atoms with Crippen LogP contribution >= 0.6 is 0 Å². The fourth-order valence-corrected chi connectivity index (χ4v) is 1.03. The molecular formula is C10H15N3O. The number of rotatable bonds is 4. The molecule has 0 aliphatic rings. The zero-order chi connectivity index (χ0) is 10.4. The van der Waals surface area contributed by atoms with Crippen LogP contribution in [0.15, 0.2) is 30.3 Å². The number of carbonyl (C=O) groups is 1. The summed E-state index contributed by atoms with van der Waals surface area (Å²) < 4.78 is 0. The lowest BCUT2D eigenvalue weighted by Crippen LogP contribution is -2.39. The van der Waals surface area contributed by atoms with Crippen LogP contribution in [0.2, 0.25) is 0 Å². The van der Waals surface area contributed by atoms with Gasteiger partial charge < -0.3 is 5.32 Å². The Morgan fingerprint density at radius 2 is 1.93 bits per heavy atom. The number of amides is 1. The van der Waals surface area contributed by atoms with Crippen molar-refractivity contribution in [3.05, 3.63) is 30.3 Å². The van der Waals surface area contributed by atoms with E-state index in [0.29, 0.717) is 0 Å². The Hall–Kier alpha value is -1.55. The number of benzene rings is 1. The van der Waals surface area contributed by atoms with Gasteiger partial charge in [-0.2, -0.15) is 0 Å². The molecule has 0 aliphatic carbocycles. The summed E-state index contributed by atoms with van der Waals surface area (Å²) in [6.45, 7) is 0.280. The summed E-state index contributed by atoms with van der Waals surface area (Å²) in [7, 11) is 3.56. The molecule has 0 bridgehead atoms. The molecule has 0 unspecified atom stereocenters. The average Bonchev–Trinajstić information content (AvgIpc) is 2.15. The minimum Gasteiger partial charge on any atom is -0.376 e. The minimum absolute atomic E-state index is 0.0566.